The van der Waals surface area contributed by atoms with Crippen molar-refractivity contribution in [1.29, 1.82) is 0 Å². The highest BCUT2D eigenvalue weighted by molar-refractivity contribution is 5.97. The van der Waals surface area contributed by atoms with E-state index < -0.39 is 133 Å². The lowest BCUT2D eigenvalue weighted by Crippen LogP contribution is -2.61. The van der Waals surface area contributed by atoms with Gasteiger partial charge in [-0.15, -0.1) is 0 Å². The summed E-state index contributed by atoms with van der Waals surface area (Å²) in [4.78, 5) is 106. The van der Waals surface area contributed by atoms with Crippen molar-refractivity contribution in [3.05, 3.63) is 65.2 Å². The van der Waals surface area contributed by atoms with Crippen LogP contribution in [0.25, 0.3) is 0 Å². The quantitative estimate of drug-likeness (QED) is 0.0349. The molecular weight excluding hydrogens is 1140 g/mol. The molecule has 2 fully saturated rings. The minimum Gasteiger partial charge on any atom is -0.479 e. The Hall–Kier alpha value is -6.11. The number of carbonyl (C=O) groups is 7. The van der Waals surface area contributed by atoms with Crippen LogP contribution in [-0.4, -0.2) is 229 Å². The monoisotopic (exact) mass is 1230 g/mol. The standard InChI is InChI=1S/C60H95N7O20/c1-13-35(6)47(43(80-11)31-44(68)67-24-17-20-41(67)52(81-12)36(7)54(73)63-37(8)48(69)39-18-15-14-16-19-39)65(9)57(76)45(33(2)3)64-56(75)46(34(4)5)66(10)60(79)84-32-38-21-22-42(86-59-51(72)49(70)50(71)53(87-59)58(77)78)40(30-38)55(74)62-23-25-82-26-27-83-28-29-85-61/h14-16,18-19,21-22,30,33-37,41,43,45-53,59,69-72H,13,17,20,23-29,31-32,61H2,1-12H3,(H,62,74)(H,63,73)(H,64,75)(H,77,78)/t35-,36+,37+,41-,43+,45-,46-,47-,48+,49-,50-,51+,52+,53-,59+/m0/s1. The van der Waals surface area contributed by atoms with E-state index in [2.05, 4.69) is 20.8 Å². The second kappa shape index (κ2) is 35.8. The first kappa shape index (κ1) is 73.4. The number of nitrogens with zero attached hydrogens (tertiary/aromatic N) is 3. The number of hydrogen-bond donors (Lipinski definition) is 9. The number of methoxy groups -OCH3 is 2. The molecule has 2 aromatic carbocycles. The van der Waals surface area contributed by atoms with Crippen LogP contribution in [0, 0.1) is 23.7 Å². The van der Waals surface area contributed by atoms with E-state index in [4.69, 9.17) is 39.1 Å². The molecule has 0 aliphatic carbocycles. The predicted molar refractivity (Wildman–Crippen MR) is 314 cm³/mol. The number of benzene rings is 2. The summed E-state index contributed by atoms with van der Waals surface area (Å²) >= 11 is 0. The lowest BCUT2D eigenvalue weighted by molar-refractivity contribution is -0.271. The number of likely N-dealkylation sites (N-methyl/N-ethyl adjacent to an activating group) is 2. The molecule has 2 saturated heterocycles. The molecule has 2 aliphatic rings. The second-order valence-electron chi connectivity index (χ2n) is 22.9. The highest BCUT2D eigenvalue weighted by atomic mass is 16.7. The number of aliphatic carboxylic acids is 1. The topological polar surface area (TPSA) is 366 Å². The summed E-state index contributed by atoms with van der Waals surface area (Å²) in [6.45, 7) is 15.2. The summed E-state index contributed by atoms with van der Waals surface area (Å²) in [6.07, 6.45) is -11.5. The first-order chi connectivity index (χ1) is 41.3. The van der Waals surface area contributed by atoms with Gasteiger partial charge in [-0.3, -0.25) is 28.9 Å². The van der Waals surface area contributed by atoms with Gasteiger partial charge in [0.1, 0.15) is 42.8 Å². The van der Waals surface area contributed by atoms with E-state index in [0.717, 1.165) is 4.90 Å². The van der Waals surface area contributed by atoms with Crippen LogP contribution in [-0.2, 0) is 63.8 Å². The molecule has 15 atom stereocenters. The van der Waals surface area contributed by atoms with Gasteiger partial charge >= 0.3 is 12.1 Å². The zero-order valence-corrected chi connectivity index (χ0v) is 52.2. The van der Waals surface area contributed by atoms with Gasteiger partial charge in [0.25, 0.3) is 5.91 Å². The molecule has 490 valence electrons. The van der Waals surface area contributed by atoms with Crippen molar-refractivity contribution in [3.8, 4) is 5.75 Å². The number of likely N-dealkylation sites (tertiary alicyclic amines) is 1. The molecule has 6 amide bonds. The number of carbonyl (C=O) groups excluding carboxylic acids is 6. The van der Waals surface area contributed by atoms with Gasteiger partial charge in [-0.1, -0.05) is 91.3 Å². The van der Waals surface area contributed by atoms with Gasteiger partial charge in [0.15, 0.2) is 6.10 Å². The van der Waals surface area contributed by atoms with Crippen LogP contribution in [0.5, 0.6) is 5.75 Å². The summed E-state index contributed by atoms with van der Waals surface area (Å²) in [6, 6.07) is 8.97. The molecule has 0 bridgehead atoms. The second-order valence-corrected chi connectivity index (χ2v) is 22.9. The highest BCUT2D eigenvalue weighted by Gasteiger charge is 2.49. The van der Waals surface area contributed by atoms with E-state index in [9.17, 15) is 59.1 Å². The molecule has 2 aliphatic heterocycles. The smallest absolute Gasteiger partial charge is 0.410 e. The van der Waals surface area contributed by atoms with Crippen molar-refractivity contribution in [2.24, 2.45) is 29.6 Å². The van der Waals surface area contributed by atoms with E-state index in [0.29, 0.717) is 31.4 Å². The first-order valence-electron chi connectivity index (χ1n) is 29.6. The Bertz CT molecular complexity index is 2510. The molecule has 0 saturated carbocycles. The highest BCUT2D eigenvalue weighted by Crippen LogP contribution is 2.32. The molecule has 2 heterocycles. The van der Waals surface area contributed by atoms with E-state index in [1.165, 1.54) is 44.4 Å². The zero-order valence-electron chi connectivity index (χ0n) is 52.2. The van der Waals surface area contributed by atoms with Crippen molar-refractivity contribution >= 4 is 41.6 Å². The third kappa shape index (κ3) is 20.2. The predicted octanol–water partition coefficient (Wildman–Crippen LogP) is 1.50. The third-order valence-corrected chi connectivity index (χ3v) is 16.0. The SMILES string of the molecule is CC[C@H](C)[C@@H]([C@@H](CC(=O)N1CCC[C@H]1[C@H](OC)[C@@H](C)C(=O)N[C@H](C)[C@@H](O)c1ccccc1)OC)N(C)C(=O)[C@@H](NC(=O)[C@H](C(C)C)N(C)C(=O)OCc1ccc(O[C@@H]2O[C@H](C(=O)O)[C@@H](O)[C@H](O)[C@H]2O)c(C(=O)NCCOCCOCCON)c1)C(C)C. The van der Waals surface area contributed by atoms with Crippen LogP contribution in [0.3, 0.4) is 0 Å². The number of nitrogens with two attached hydrogens (primary N) is 1. The van der Waals surface area contributed by atoms with Gasteiger partial charge in [0.2, 0.25) is 29.9 Å². The summed E-state index contributed by atoms with van der Waals surface area (Å²) in [7, 11) is 5.95. The van der Waals surface area contributed by atoms with Crippen LogP contribution in [0.15, 0.2) is 48.5 Å². The Labute approximate surface area is 509 Å². The number of amides is 6. The lowest BCUT2D eigenvalue weighted by atomic mass is 9.89. The molecule has 0 spiro atoms. The van der Waals surface area contributed by atoms with E-state index in [-0.39, 0.29) is 80.6 Å². The molecule has 27 nitrogen and oxygen atoms in total. The Kier molecular flexibility index (Phi) is 30.2. The van der Waals surface area contributed by atoms with Crippen molar-refractivity contribution in [2.45, 2.75) is 167 Å². The molecule has 0 aromatic heterocycles. The average Bonchev–Trinajstić information content (AvgIpc) is 2.96. The number of rotatable bonds is 35. The molecular formula is C60H95N7O20. The Morgan fingerprint density at radius 3 is 2.06 bits per heavy atom. The molecule has 87 heavy (non-hydrogen) atoms. The molecule has 27 heteroatoms. The van der Waals surface area contributed by atoms with Gasteiger partial charge in [-0.25, -0.2) is 15.5 Å². The maximum Gasteiger partial charge on any atom is 0.410 e. The molecule has 2 aromatic rings. The average molecular weight is 1230 g/mol. The van der Waals surface area contributed by atoms with Crippen LogP contribution in [0.2, 0.25) is 0 Å². The number of hydrogen-bond acceptors (Lipinski definition) is 20. The Balaban J connectivity index is 1.47. The first-order valence-corrected chi connectivity index (χ1v) is 29.6. The van der Waals surface area contributed by atoms with E-state index >= 15 is 0 Å². The van der Waals surface area contributed by atoms with Gasteiger partial charge in [0.05, 0.1) is 87.4 Å². The fourth-order valence-corrected chi connectivity index (χ4v) is 10.9. The minimum atomic E-state index is -2.01. The van der Waals surface area contributed by atoms with Crippen molar-refractivity contribution in [3.63, 3.8) is 0 Å². The van der Waals surface area contributed by atoms with Gasteiger partial charge < -0.3 is 89.3 Å². The minimum absolute atomic E-state index is 0.0155. The van der Waals surface area contributed by atoms with Crippen LogP contribution >= 0.6 is 0 Å². The number of nitrogens with one attached hydrogen (secondary N) is 3. The zero-order chi connectivity index (χ0) is 64.8. The van der Waals surface area contributed by atoms with Crippen molar-refractivity contribution in [1.82, 2.24) is 30.7 Å². The fraction of sp³-hybridized carbons (Fsp3) is 0.683. The fourth-order valence-electron chi connectivity index (χ4n) is 10.9. The van der Waals surface area contributed by atoms with Gasteiger partial charge in [0, 0.05) is 41.4 Å². The number of aliphatic hydroxyl groups is 4. The maximum absolute atomic E-state index is 14.8. The number of carboxylic acid groups (broad SMARTS) is 1. The van der Waals surface area contributed by atoms with Crippen LogP contribution in [0.4, 0.5) is 4.79 Å². The maximum atomic E-state index is 14.8. The third-order valence-electron chi connectivity index (χ3n) is 16.0. The molecule has 0 unspecified atom stereocenters. The summed E-state index contributed by atoms with van der Waals surface area (Å²) < 4.78 is 39.5. The summed E-state index contributed by atoms with van der Waals surface area (Å²) in [5.74, 6) is -1.27. The molecule has 0 radical (unpaired) electrons. The van der Waals surface area contributed by atoms with Gasteiger partial charge in [-0.2, -0.15) is 0 Å². The van der Waals surface area contributed by atoms with Crippen molar-refractivity contribution < 1.29 is 97.1 Å². The number of aliphatic hydroxyl groups excluding tert-OH is 4. The Morgan fingerprint density at radius 2 is 1.46 bits per heavy atom. The van der Waals surface area contributed by atoms with E-state index in [1.807, 2.05) is 32.0 Å². The lowest BCUT2D eigenvalue weighted by Gasteiger charge is -2.41. The number of carboxylic acids is 1. The normalized spacial score (nSPS) is 21.8. The summed E-state index contributed by atoms with van der Waals surface area (Å²) in [5, 5.41) is 60.3. The summed E-state index contributed by atoms with van der Waals surface area (Å²) in [5.41, 5.74) is 0.695. The van der Waals surface area contributed by atoms with Crippen molar-refractivity contribution in [2.75, 3.05) is 74.4 Å². The van der Waals surface area contributed by atoms with E-state index in [1.54, 1.807) is 65.6 Å². The Morgan fingerprint density at radius 1 is 0.805 bits per heavy atom. The van der Waals surface area contributed by atoms with Gasteiger partial charge in [-0.05, 0) is 60.8 Å². The molecule has 10 N–H and O–H groups in total. The number of ether oxygens (including phenoxy) is 7. The molecule has 4 rings (SSSR count). The van der Waals surface area contributed by atoms with Crippen LogP contribution in [0.1, 0.15) is 109 Å². The van der Waals surface area contributed by atoms with Crippen LogP contribution < -0.4 is 26.6 Å². The largest absolute Gasteiger partial charge is 0.479 e.